The lowest BCUT2D eigenvalue weighted by Crippen LogP contribution is -2.52. The Morgan fingerprint density at radius 2 is 1.55 bits per heavy atom. The van der Waals surface area contributed by atoms with Crippen LogP contribution in [0.2, 0.25) is 0 Å². The van der Waals surface area contributed by atoms with E-state index in [1.54, 1.807) is 23.2 Å². The number of amides is 3. The van der Waals surface area contributed by atoms with Gasteiger partial charge < -0.3 is 15.1 Å². The van der Waals surface area contributed by atoms with Gasteiger partial charge in [0.2, 0.25) is 11.9 Å². The normalized spacial score (nSPS) is 21.1. The number of benzene rings is 2. The number of nitrogens with one attached hydrogen (secondary N) is 2. The lowest BCUT2D eigenvalue weighted by Gasteiger charge is -2.52. The molecule has 9 rings (SSSR count). The summed E-state index contributed by atoms with van der Waals surface area (Å²) in [6.45, 7) is 9.29. The van der Waals surface area contributed by atoms with E-state index < -0.39 is 9.84 Å². The first-order valence-corrected chi connectivity index (χ1v) is 22.7. The Balaban J connectivity index is 0.756. The molecular weight excluding hydrogens is 753 g/mol. The third-order valence-electron chi connectivity index (χ3n) is 13.8. The summed E-state index contributed by atoms with van der Waals surface area (Å²) in [5.41, 5.74) is 4.95. The number of sulfone groups is 1. The van der Waals surface area contributed by atoms with Crippen LogP contribution in [0.15, 0.2) is 64.4 Å². The third-order valence-corrected chi connectivity index (χ3v) is 15.9. The number of nitrogens with zero attached hydrogens (tertiary/aromatic N) is 6. The molecule has 58 heavy (non-hydrogen) atoms. The van der Waals surface area contributed by atoms with Crippen LogP contribution in [0.4, 0.5) is 27.8 Å². The third kappa shape index (κ3) is 7.49. The number of aromatic nitrogens is 3. The molecule has 4 aromatic rings. The molecule has 3 amide bonds. The van der Waals surface area contributed by atoms with Crippen LogP contribution in [0.1, 0.15) is 87.8 Å². The fraction of sp³-hybridized carbons (Fsp3) is 0.523. The van der Waals surface area contributed by atoms with Crippen LogP contribution in [-0.4, -0.2) is 84.3 Å². The second kappa shape index (κ2) is 15.4. The van der Waals surface area contributed by atoms with Gasteiger partial charge in [0.15, 0.2) is 9.84 Å². The van der Waals surface area contributed by atoms with Crippen molar-refractivity contribution in [1.82, 2.24) is 24.8 Å². The van der Waals surface area contributed by atoms with Crippen molar-refractivity contribution < 1.29 is 18.0 Å². The summed E-state index contributed by atoms with van der Waals surface area (Å²) >= 11 is 0. The molecule has 2 aliphatic carbocycles. The molecule has 3 saturated heterocycles. The van der Waals surface area contributed by atoms with Crippen molar-refractivity contribution in [1.29, 1.82) is 0 Å². The second-order valence-corrected chi connectivity index (χ2v) is 19.8. The summed E-state index contributed by atoms with van der Waals surface area (Å²) in [5, 5.41) is 6.17. The molecule has 2 aromatic heterocycles. The second-order valence-electron chi connectivity index (χ2n) is 17.6. The Hall–Kier alpha value is -4.82. The standard InChI is InChI=1S/C44H54N8O5S/c1-29-24-36(11-12-38(29)46-42-45-27-32-23-30(2)41(54)52(40(32)48-42)35-5-3-4-6-35)58(56,57)37-25-44(26-37)16-21-49(22-17-44)28-31-13-18-50(19-14-31)33-7-9-34(10-8-33)51-20-15-39(53)47-43(51)55/h7-12,23-24,27,31,35,37H,3-6,13-22,25-26,28H2,1-2H3,(H,45,46,48)(H,47,53,55). The largest absolute Gasteiger partial charge is 0.372 e. The van der Waals surface area contributed by atoms with Crippen LogP contribution in [0.25, 0.3) is 11.0 Å². The fourth-order valence-electron chi connectivity index (χ4n) is 10.2. The predicted octanol–water partition coefficient (Wildman–Crippen LogP) is 6.65. The SMILES string of the molecule is Cc1cc(S(=O)(=O)C2CC3(CCN(CC4CCN(c5ccc(N6CCC(=O)NC6=O)cc5)CC4)CC3)C2)ccc1Nc1ncc2cc(C)c(=O)n(C3CCCC3)c2n1. The number of fused-ring (bicyclic) bond motifs is 1. The van der Waals surface area contributed by atoms with Crippen molar-refractivity contribution in [2.75, 3.05) is 54.4 Å². The van der Waals surface area contributed by atoms with Gasteiger partial charge in [0.25, 0.3) is 5.56 Å². The van der Waals surface area contributed by atoms with Gasteiger partial charge in [-0.05, 0) is 144 Å². The minimum Gasteiger partial charge on any atom is -0.372 e. The number of hydrogen-bond donors (Lipinski definition) is 2. The molecule has 14 heteroatoms. The zero-order chi connectivity index (χ0) is 40.2. The highest BCUT2D eigenvalue weighted by Gasteiger charge is 2.51. The summed E-state index contributed by atoms with van der Waals surface area (Å²) in [7, 11) is -3.47. The number of anilines is 4. The maximum atomic E-state index is 13.9. The van der Waals surface area contributed by atoms with E-state index in [0.717, 1.165) is 125 Å². The molecule has 0 atom stereocenters. The van der Waals surface area contributed by atoms with E-state index in [2.05, 4.69) is 37.6 Å². The van der Waals surface area contributed by atoms with Crippen LogP contribution in [0, 0.1) is 25.2 Å². The first kappa shape index (κ1) is 38.7. The number of likely N-dealkylation sites (tertiary alicyclic amines) is 1. The number of hydrogen-bond acceptors (Lipinski definition) is 10. The van der Waals surface area contributed by atoms with Gasteiger partial charge in [-0.3, -0.25) is 24.4 Å². The van der Waals surface area contributed by atoms with Crippen LogP contribution in [0.5, 0.6) is 0 Å². The highest BCUT2D eigenvalue weighted by Crippen LogP contribution is 2.53. The molecule has 306 valence electrons. The van der Waals surface area contributed by atoms with Gasteiger partial charge in [0, 0.05) is 72.9 Å². The van der Waals surface area contributed by atoms with E-state index >= 15 is 0 Å². The van der Waals surface area contributed by atoms with Crippen molar-refractivity contribution >= 4 is 55.8 Å². The molecule has 5 aliphatic rings. The lowest BCUT2D eigenvalue weighted by molar-refractivity contribution is -0.120. The van der Waals surface area contributed by atoms with Gasteiger partial charge in [0.05, 0.1) is 10.1 Å². The Morgan fingerprint density at radius 3 is 2.24 bits per heavy atom. The zero-order valence-corrected chi connectivity index (χ0v) is 34.4. The first-order chi connectivity index (χ1) is 27.9. The maximum absolute atomic E-state index is 13.9. The van der Waals surface area contributed by atoms with Crippen molar-refractivity contribution in [2.24, 2.45) is 11.3 Å². The quantitative estimate of drug-likeness (QED) is 0.188. The number of aryl methyl sites for hydroxylation is 2. The summed E-state index contributed by atoms with van der Waals surface area (Å²) in [6, 6.07) is 15.0. The average molecular weight is 807 g/mol. The van der Waals surface area contributed by atoms with Crippen molar-refractivity contribution in [3.63, 3.8) is 0 Å². The number of pyridine rings is 1. The highest BCUT2D eigenvalue weighted by molar-refractivity contribution is 7.92. The molecule has 13 nitrogen and oxygen atoms in total. The number of carbonyl (C=O) groups is 2. The highest BCUT2D eigenvalue weighted by atomic mass is 32.2. The number of piperidine rings is 2. The first-order valence-electron chi connectivity index (χ1n) is 21.1. The predicted molar refractivity (Wildman–Crippen MR) is 226 cm³/mol. The zero-order valence-electron chi connectivity index (χ0n) is 33.6. The fourth-order valence-corrected chi connectivity index (χ4v) is 12.4. The molecule has 2 N–H and O–H groups in total. The number of rotatable bonds is 9. The van der Waals surface area contributed by atoms with E-state index in [1.165, 1.54) is 0 Å². The molecular formula is C44H54N8O5S. The van der Waals surface area contributed by atoms with Crippen LogP contribution in [0.3, 0.4) is 0 Å². The van der Waals surface area contributed by atoms with Crippen LogP contribution >= 0.6 is 0 Å². The molecule has 0 bridgehead atoms. The van der Waals surface area contributed by atoms with Gasteiger partial charge in [-0.15, -0.1) is 0 Å². The number of carbonyl (C=O) groups excluding carboxylic acids is 2. The minimum atomic E-state index is -3.47. The molecule has 2 aromatic carbocycles. The monoisotopic (exact) mass is 806 g/mol. The summed E-state index contributed by atoms with van der Waals surface area (Å²) < 4.78 is 29.6. The van der Waals surface area contributed by atoms with Gasteiger partial charge in [-0.1, -0.05) is 12.8 Å². The van der Waals surface area contributed by atoms with Crippen molar-refractivity contribution in [3.8, 4) is 0 Å². The van der Waals surface area contributed by atoms with E-state index in [4.69, 9.17) is 4.98 Å². The average Bonchev–Trinajstić information content (AvgIpc) is 3.74. The van der Waals surface area contributed by atoms with Crippen molar-refractivity contribution in [3.05, 3.63) is 76.2 Å². The Morgan fingerprint density at radius 1 is 0.845 bits per heavy atom. The molecule has 5 heterocycles. The van der Waals surface area contributed by atoms with E-state index in [0.29, 0.717) is 40.9 Å². The Bertz CT molecular complexity index is 2390. The molecule has 1 spiro atoms. The Kier molecular flexibility index (Phi) is 10.3. The van der Waals surface area contributed by atoms with Crippen LogP contribution < -0.4 is 26.0 Å². The molecule has 0 unspecified atom stereocenters. The summed E-state index contributed by atoms with van der Waals surface area (Å²) in [6.07, 6.45) is 12.0. The molecule has 2 saturated carbocycles. The van der Waals surface area contributed by atoms with Gasteiger partial charge in [0.1, 0.15) is 5.65 Å². The maximum Gasteiger partial charge on any atom is 0.328 e. The van der Waals surface area contributed by atoms with E-state index in [1.807, 2.05) is 42.7 Å². The van der Waals surface area contributed by atoms with Crippen LogP contribution in [-0.2, 0) is 14.6 Å². The van der Waals surface area contributed by atoms with Gasteiger partial charge in [-0.25, -0.2) is 18.2 Å². The van der Waals surface area contributed by atoms with Crippen molar-refractivity contribution in [2.45, 2.75) is 101 Å². The number of imide groups is 1. The summed E-state index contributed by atoms with van der Waals surface area (Å²) in [5.74, 6) is 0.799. The minimum absolute atomic E-state index is 0.0000766. The molecule has 5 fully saturated rings. The van der Waals surface area contributed by atoms with E-state index in [9.17, 15) is 22.8 Å². The summed E-state index contributed by atoms with van der Waals surface area (Å²) in [4.78, 5) is 53.3. The topological polar surface area (TPSA) is 150 Å². The lowest BCUT2D eigenvalue weighted by atomic mass is 9.63. The smallest absolute Gasteiger partial charge is 0.328 e. The van der Waals surface area contributed by atoms with E-state index in [-0.39, 0.29) is 34.2 Å². The Labute approximate surface area is 340 Å². The molecule has 3 aliphatic heterocycles. The van der Waals surface area contributed by atoms with Gasteiger partial charge in [-0.2, -0.15) is 4.98 Å². The molecule has 0 radical (unpaired) electrons. The number of urea groups is 1. The van der Waals surface area contributed by atoms with Gasteiger partial charge >= 0.3 is 6.03 Å².